The molecule has 4 N–H and O–H groups in total. The van der Waals surface area contributed by atoms with Crippen LogP contribution in [-0.2, 0) is 51.0 Å². The molecule has 3 aromatic rings. The van der Waals surface area contributed by atoms with Crippen molar-refractivity contribution in [2.45, 2.75) is 45.6 Å². The van der Waals surface area contributed by atoms with Gasteiger partial charge in [0, 0.05) is 44.8 Å². The lowest BCUT2D eigenvalue weighted by atomic mass is 10.2. The summed E-state index contributed by atoms with van der Waals surface area (Å²) in [7, 11) is 1.60. The van der Waals surface area contributed by atoms with Crippen molar-refractivity contribution in [1.82, 2.24) is 25.2 Å². The number of nitrogen functional groups attached to an aromatic ring is 1. The number of hydrogen-bond donors (Lipinski definition) is 3. The predicted octanol–water partition coefficient (Wildman–Crippen LogP) is 2.25. The third-order valence-corrected chi connectivity index (χ3v) is 7.19. The Labute approximate surface area is 276 Å². The summed E-state index contributed by atoms with van der Waals surface area (Å²) in [5, 5.41) is 6.54. The fourth-order valence-electron chi connectivity index (χ4n) is 4.72. The quantitative estimate of drug-likeness (QED) is 0.103. The van der Waals surface area contributed by atoms with Crippen LogP contribution in [0, 0.1) is 0 Å². The van der Waals surface area contributed by atoms with E-state index in [9.17, 15) is 9.59 Å². The number of unbranched alkanes of at least 4 members (excludes halogenated alkanes) is 1. The lowest BCUT2D eigenvalue weighted by Crippen LogP contribution is -2.28. The van der Waals surface area contributed by atoms with Gasteiger partial charge in [0.05, 0.1) is 90.3 Å². The molecule has 1 aromatic carbocycles. The van der Waals surface area contributed by atoms with Crippen LogP contribution in [0.4, 0.5) is 5.82 Å². The summed E-state index contributed by atoms with van der Waals surface area (Å²) in [4.78, 5) is 32.9. The summed E-state index contributed by atoms with van der Waals surface area (Å²) in [6, 6.07) is 7.92. The molecule has 262 valence electrons. The summed E-state index contributed by atoms with van der Waals surface area (Å²) < 4.78 is 34.9. The molecule has 0 saturated heterocycles. The highest BCUT2D eigenvalue weighted by molar-refractivity contribution is 6.06. The van der Waals surface area contributed by atoms with Crippen molar-refractivity contribution in [3.05, 3.63) is 30.1 Å². The summed E-state index contributed by atoms with van der Waals surface area (Å²) in [5.74, 6) is 1.27. The molecule has 0 spiro atoms. The normalized spacial score (nSPS) is 11.4. The van der Waals surface area contributed by atoms with Gasteiger partial charge in [-0.15, -0.1) is 0 Å². The van der Waals surface area contributed by atoms with Crippen molar-refractivity contribution in [1.29, 1.82) is 0 Å². The second-order valence-corrected chi connectivity index (χ2v) is 10.7. The number of nitrogens with one attached hydrogen (secondary N) is 2. The Balaban J connectivity index is 1.17. The smallest absolute Gasteiger partial charge is 0.222 e. The van der Waals surface area contributed by atoms with Gasteiger partial charge in [-0.2, -0.15) is 0 Å². The van der Waals surface area contributed by atoms with Crippen LogP contribution in [-0.4, -0.2) is 119 Å². The Hall–Kier alpha value is -3.40. The monoisotopic (exact) mass is 660 g/mol. The number of nitrogens with two attached hydrogens (primary N) is 1. The number of nitrogens with zero attached hydrogens (tertiary/aromatic N) is 3. The van der Waals surface area contributed by atoms with Crippen LogP contribution in [0.25, 0.3) is 21.9 Å². The number of benzene rings is 1. The summed E-state index contributed by atoms with van der Waals surface area (Å²) in [6.45, 7) is 8.44. The average molecular weight is 661 g/mol. The van der Waals surface area contributed by atoms with E-state index in [1.165, 1.54) is 0 Å². The molecule has 2 heterocycles. The molecule has 14 nitrogen and oxygen atoms in total. The van der Waals surface area contributed by atoms with Crippen molar-refractivity contribution in [2.75, 3.05) is 98.6 Å². The number of hydrogen-bond acceptors (Lipinski definition) is 11. The van der Waals surface area contributed by atoms with Crippen LogP contribution < -0.4 is 16.4 Å². The third kappa shape index (κ3) is 14.1. The zero-order chi connectivity index (χ0) is 33.5. The van der Waals surface area contributed by atoms with E-state index in [1.807, 2.05) is 24.3 Å². The zero-order valence-electron chi connectivity index (χ0n) is 27.9. The average Bonchev–Trinajstić information content (AvgIpc) is 3.45. The Morgan fingerprint density at radius 3 is 1.85 bits per heavy atom. The molecule has 0 bridgehead atoms. The maximum Gasteiger partial charge on any atom is 0.222 e. The highest BCUT2D eigenvalue weighted by atomic mass is 16.6. The highest BCUT2D eigenvalue weighted by Gasteiger charge is 2.17. The maximum absolute atomic E-state index is 12.4. The molecular formula is C33H52N6O8. The van der Waals surface area contributed by atoms with Crippen molar-refractivity contribution >= 4 is 39.6 Å². The molecule has 2 amide bonds. The zero-order valence-corrected chi connectivity index (χ0v) is 27.9. The second-order valence-electron chi connectivity index (χ2n) is 10.7. The number of amides is 2. The first-order chi connectivity index (χ1) is 23.0. The van der Waals surface area contributed by atoms with Crippen LogP contribution in [0.5, 0.6) is 0 Å². The van der Waals surface area contributed by atoms with Crippen LogP contribution in [0.2, 0.25) is 0 Å². The van der Waals surface area contributed by atoms with Crippen LogP contribution in [0.3, 0.4) is 0 Å². The van der Waals surface area contributed by atoms with E-state index in [0.717, 1.165) is 41.5 Å². The number of ether oxygens (including phenoxy) is 6. The highest BCUT2D eigenvalue weighted by Crippen LogP contribution is 2.29. The maximum atomic E-state index is 12.4. The van der Waals surface area contributed by atoms with Gasteiger partial charge >= 0.3 is 0 Å². The van der Waals surface area contributed by atoms with Crippen molar-refractivity contribution in [3.63, 3.8) is 0 Å². The largest absolute Gasteiger partial charge is 0.382 e. The third-order valence-electron chi connectivity index (χ3n) is 7.19. The molecule has 2 aromatic heterocycles. The number of fused-ring (bicyclic) bond motifs is 3. The molecule has 0 unspecified atom stereocenters. The molecule has 0 fully saturated rings. The molecular weight excluding hydrogens is 608 g/mol. The van der Waals surface area contributed by atoms with Gasteiger partial charge in [0.2, 0.25) is 11.8 Å². The molecule has 47 heavy (non-hydrogen) atoms. The van der Waals surface area contributed by atoms with Gasteiger partial charge in [0.25, 0.3) is 0 Å². The van der Waals surface area contributed by atoms with Gasteiger partial charge < -0.3 is 49.4 Å². The van der Waals surface area contributed by atoms with Gasteiger partial charge in [-0.3, -0.25) is 9.59 Å². The molecule has 0 saturated carbocycles. The lowest BCUT2D eigenvalue weighted by Gasteiger charge is -2.12. The van der Waals surface area contributed by atoms with E-state index in [4.69, 9.17) is 39.1 Å². The summed E-state index contributed by atoms with van der Waals surface area (Å²) in [6.07, 6.45) is 3.53. The lowest BCUT2D eigenvalue weighted by molar-refractivity contribution is -0.123. The van der Waals surface area contributed by atoms with E-state index >= 15 is 0 Å². The van der Waals surface area contributed by atoms with E-state index in [-0.39, 0.29) is 18.2 Å². The van der Waals surface area contributed by atoms with E-state index < -0.39 is 0 Å². The first kappa shape index (κ1) is 38.1. The second kappa shape index (κ2) is 23.0. The van der Waals surface area contributed by atoms with Crippen molar-refractivity contribution in [3.8, 4) is 0 Å². The Bertz CT molecular complexity index is 1340. The Morgan fingerprint density at radius 2 is 1.30 bits per heavy atom. The van der Waals surface area contributed by atoms with E-state index in [2.05, 4.69) is 27.1 Å². The molecule has 0 atom stereocenters. The topological polar surface area (TPSA) is 170 Å². The number of aromatic nitrogens is 3. The van der Waals surface area contributed by atoms with Crippen LogP contribution in [0.1, 0.15) is 38.4 Å². The molecule has 14 heteroatoms. The molecule has 0 aliphatic carbocycles. The van der Waals surface area contributed by atoms with Gasteiger partial charge in [0.1, 0.15) is 11.3 Å². The number of imidazole rings is 1. The van der Waals surface area contributed by atoms with Gasteiger partial charge in [0.15, 0.2) is 5.82 Å². The minimum atomic E-state index is -0.0674. The summed E-state index contributed by atoms with van der Waals surface area (Å²) in [5.41, 5.74) is 8.78. The fraction of sp³-hybridized carbons (Fsp3) is 0.636. The fourth-order valence-corrected chi connectivity index (χ4v) is 4.72. The summed E-state index contributed by atoms with van der Waals surface area (Å²) >= 11 is 0. The van der Waals surface area contributed by atoms with Gasteiger partial charge in [-0.1, -0.05) is 31.5 Å². The first-order valence-electron chi connectivity index (χ1n) is 16.5. The van der Waals surface area contributed by atoms with Crippen LogP contribution in [0.15, 0.2) is 24.3 Å². The van der Waals surface area contributed by atoms with Gasteiger partial charge in [-0.05, 0) is 12.5 Å². The van der Waals surface area contributed by atoms with Gasteiger partial charge in [-0.25, -0.2) is 9.97 Å². The molecule has 0 aliphatic rings. The number of carbonyl (C=O) groups is 2. The molecule has 3 rings (SSSR count). The predicted molar refractivity (Wildman–Crippen MR) is 179 cm³/mol. The number of carbonyl (C=O) groups excluding carboxylic acids is 2. The Morgan fingerprint density at radius 1 is 0.766 bits per heavy atom. The number of aryl methyl sites for hydroxylation is 1. The molecule has 0 aliphatic heterocycles. The van der Waals surface area contributed by atoms with E-state index in [0.29, 0.717) is 110 Å². The minimum Gasteiger partial charge on any atom is -0.382 e. The minimum absolute atomic E-state index is 0.0419. The van der Waals surface area contributed by atoms with Crippen molar-refractivity contribution in [2.24, 2.45) is 0 Å². The number of para-hydroxylation sites is 1. The first-order valence-corrected chi connectivity index (χ1v) is 16.5. The number of anilines is 1. The van der Waals surface area contributed by atoms with Crippen molar-refractivity contribution < 1.29 is 38.0 Å². The van der Waals surface area contributed by atoms with Crippen LogP contribution >= 0.6 is 0 Å². The SMILES string of the molecule is CCCCc1nc2c(N)nc3ccccc3c2n1CCNC(=O)CCOCCOCCOCCOCCOCCOCCC(=O)NC. The molecule has 0 radical (unpaired) electrons. The standard InChI is InChI=1S/C33H52N6O8/c1-3-4-9-28-38-31-32(26-7-5-6-8-27(26)37-33(31)34)39(28)13-12-36-30(41)11-15-43-17-19-45-21-23-47-25-24-46-22-20-44-18-16-42-14-10-29(40)35-2/h5-8H,3-4,9-25H2,1-2H3,(H2,34,37)(H,35,40)(H,36,41). The van der Waals surface area contributed by atoms with E-state index in [1.54, 1.807) is 7.05 Å². The Kier molecular flexibility index (Phi) is 18.6. The number of rotatable bonds is 27. The number of pyridine rings is 1.